The van der Waals surface area contributed by atoms with Crippen LogP contribution in [-0.2, 0) is 4.79 Å². The SMILES string of the molecule is O=C(Nc1ccccc1)C1=COc2cc(O)ccc2O1. The number of fused-ring (bicyclic) bond motifs is 1. The van der Waals surface area contributed by atoms with E-state index < -0.39 is 5.91 Å². The zero-order valence-electron chi connectivity index (χ0n) is 10.4. The van der Waals surface area contributed by atoms with Crippen LogP contribution in [0.15, 0.2) is 60.6 Å². The molecule has 1 aliphatic rings. The fraction of sp³-hybridized carbons (Fsp3) is 0. The highest BCUT2D eigenvalue weighted by Gasteiger charge is 2.20. The van der Waals surface area contributed by atoms with E-state index in [1.807, 2.05) is 18.2 Å². The number of rotatable bonds is 2. The van der Waals surface area contributed by atoms with Gasteiger partial charge in [-0.05, 0) is 24.3 Å². The lowest BCUT2D eigenvalue weighted by atomic mass is 10.3. The predicted octanol–water partition coefficient (Wildman–Crippen LogP) is 2.64. The van der Waals surface area contributed by atoms with Gasteiger partial charge < -0.3 is 19.9 Å². The zero-order valence-corrected chi connectivity index (χ0v) is 10.4. The summed E-state index contributed by atoms with van der Waals surface area (Å²) in [5, 5.41) is 12.0. The van der Waals surface area contributed by atoms with E-state index in [1.165, 1.54) is 24.5 Å². The van der Waals surface area contributed by atoms with Crippen LogP contribution in [0, 0.1) is 0 Å². The first-order chi connectivity index (χ1) is 9.72. The van der Waals surface area contributed by atoms with Crippen LogP contribution in [0.1, 0.15) is 0 Å². The molecule has 1 aliphatic heterocycles. The molecule has 2 aromatic carbocycles. The first-order valence-corrected chi connectivity index (χ1v) is 5.96. The molecule has 0 aliphatic carbocycles. The van der Waals surface area contributed by atoms with E-state index >= 15 is 0 Å². The van der Waals surface area contributed by atoms with Crippen molar-refractivity contribution in [2.45, 2.75) is 0 Å². The molecule has 0 aromatic heterocycles. The molecule has 0 fully saturated rings. The standard InChI is InChI=1S/C15H11NO4/c17-11-6-7-12-13(8-11)19-9-14(20-12)15(18)16-10-4-2-1-3-5-10/h1-9,17H,(H,16,18). The topological polar surface area (TPSA) is 67.8 Å². The second-order valence-corrected chi connectivity index (χ2v) is 4.15. The number of phenols is 1. The molecular formula is C15H11NO4. The molecule has 1 amide bonds. The largest absolute Gasteiger partial charge is 0.508 e. The summed E-state index contributed by atoms with van der Waals surface area (Å²) >= 11 is 0. The van der Waals surface area contributed by atoms with Gasteiger partial charge >= 0.3 is 0 Å². The van der Waals surface area contributed by atoms with Gasteiger partial charge in [0, 0.05) is 11.8 Å². The highest BCUT2D eigenvalue weighted by Crippen LogP contribution is 2.35. The van der Waals surface area contributed by atoms with Gasteiger partial charge in [-0.1, -0.05) is 18.2 Å². The summed E-state index contributed by atoms with van der Waals surface area (Å²) < 4.78 is 10.7. The van der Waals surface area contributed by atoms with Crippen LogP contribution in [0.25, 0.3) is 0 Å². The second-order valence-electron chi connectivity index (χ2n) is 4.15. The minimum atomic E-state index is -0.407. The molecule has 1 heterocycles. The lowest BCUT2D eigenvalue weighted by Crippen LogP contribution is -2.21. The Morgan fingerprint density at radius 2 is 1.85 bits per heavy atom. The third-order valence-corrected chi connectivity index (χ3v) is 2.70. The Bertz CT molecular complexity index is 680. The molecule has 2 aromatic rings. The zero-order chi connectivity index (χ0) is 13.9. The van der Waals surface area contributed by atoms with Gasteiger partial charge in [0.25, 0.3) is 5.91 Å². The number of hydrogen-bond donors (Lipinski definition) is 2. The van der Waals surface area contributed by atoms with Crippen molar-refractivity contribution in [1.29, 1.82) is 0 Å². The molecule has 0 radical (unpaired) electrons. The van der Waals surface area contributed by atoms with E-state index in [9.17, 15) is 9.90 Å². The van der Waals surface area contributed by atoms with Crippen molar-refractivity contribution >= 4 is 11.6 Å². The van der Waals surface area contributed by atoms with E-state index in [4.69, 9.17) is 9.47 Å². The van der Waals surface area contributed by atoms with Gasteiger partial charge in [-0.2, -0.15) is 0 Å². The minimum Gasteiger partial charge on any atom is -0.508 e. The summed E-state index contributed by atoms with van der Waals surface area (Å²) in [6.07, 6.45) is 1.21. The van der Waals surface area contributed by atoms with E-state index in [2.05, 4.69) is 5.32 Å². The van der Waals surface area contributed by atoms with Crippen LogP contribution in [0.5, 0.6) is 17.2 Å². The maximum absolute atomic E-state index is 12.0. The molecule has 0 spiro atoms. The molecule has 100 valence electrons. The number of para-hydroxylation sites is 1. The molecular weight excluding hydrogens is 258 g/mol. The van der Waals surface area contributed by atoms with E-state index in [-0.39, 0.29) is 11.5 Å². The monoisotopic (exact) mass is 269 g/mol. The van der Waals surface area contributed by atoms with Crippen molar-refractivity contribution < 1.29 is 19.4 Å². The molecule has 5 nitrogen and oxygen atoms in total. The van der Waals surface area contributed by atoms with Crippen molar-refractivity contribution in [3.8, 4) is 17.2 Å². The van der Waals surface area contributed by atoms with Crippen LogP contribution in [0.2, 0.25) is 0 Å². The molecule has 2 N–H and O–H groups in total. The predicted molar refractivity (Wildman–Crippen MR) is 72.5 cm³/mol. The Balaban J connectivity index is 1.75. The van der Waals surface area contributed by atoms with Crippen molar-refractivity contribution in [2.24, 2.45) is 0 Å². The number of anilines is 1. The number of carbonyl (C=O) groups excluding carboxylic acids is 1. The van der Waals surface area contributed by atoms with Crippen molar-refractivity contribution in [2.75, 3.05) is 5.32 Å². The van der Waals surface area contributed by atoms with Crippen LogP contribution < -0.4 is 14.8 Å². The summed E-state index contributed by atoms with van der Waals surface area (Å²) in [6, 6.07) is 13.5. The number of hydrogen-bond acceptors (Lipinski definition) is 4. The van der Waals surface area contributed by atoms with E-state index in [1.54, 1.807) is 12.1 Å². The van der Waals surface area contributed by atoms with E-state index in [0.717, 1.165) is 0 Å². The molecule has 5 heteroatoms. The average molecular weight is 269 g/mol. The second kappa shape index (κ2) is 4.97. The summed E-state index contributed by atoms with van der Waals surface area (Å²) in [7, 11) is 0. The number of amides is 1. The first kappa shape index (κ1) is 12.1. The lowest BCUT2D eigenvalue weighted by molar-refractivity contribution is -0.115. The number of phenolic OH excluding ortho intramolecular Hbond substituents is 1. The van der Waals surface area contributed by atoms with Crippen LogP contribution in [0.3, 0.4) is 0 Å². The Morgan fingerprint density at radius 1 is 1.05 bits per heavy atom. The molecule has 20 heavy (non-hydrogen) atoms. The van der Waals surface area contributed by atoms with Gasteiger partial charge in [-0.25, -0.2) is 0 Å². The highest BCUT2D eigenvalue weighted by molar-refractivity contribution is 6.02. The number of benzene rings is 2. The van der Waals surface area contributed by atoms with Crippen molar-refractivity contribution in [3.05, 3.63) is 60.6 Å². The minimum absolute atomic E-state index is 0.0482. The smallest absolute Gasteiger partial charge is 0.294 e. The number of aromatic hydroxyl groups is 1. The number of ether oxygens (including phenoxy) is 2. The molecule has 0 unspecified atom stereocenters. The molecule has 3 rings (SSSR count). The Labute approximate surface area is 115 Å². The first-order valence-electron chi connectivity index (χ1n) is 5.96. The highest BCUT2D eigenvalue weighted by atomic mass is 16.6. The van der Waals surface area contributed by atoms with Gasteiger partial charge in [0.05, 0.1) is 0 Å². The van der Waals surface area contributed by atoms with Crippen LogP contribution in [0.4, 0.5) is 5.69 Å². The van der Waals surface area contributed by atoms with Crippen LogP contribution in [-0.4, -0.2) is 11.0 Å². The Kier molecular flexibility index (Phi) is 3.01. The van der Waals surface area contributed by atoms with Gasteiger partial charge in [0.1, 0.15) is 12.0 Å². The lowest BCUT2D eigenvalue weighted by Gasteiger charge is -2.17. The normalized spacial score (nSPS) is 12.5. The molecule has 0 bridgehead atoms. The fourth-order valence-electron chi connectivity index (χ4n) is 1.75. The maximum atomic E-state index is 12.0. The number of carbonyl (C=O) groups is 1. The summed E-state index contributed by atoms with van der Waals surface area (Å²) in [5.41, 5.74) is 0.665. The summed E-state index contributed by atoms with van der Waals surface area (Å²) in [4.78, 5) is 12.0. The fourth-order valence-corrected chi connectivity index (χ4v) is 1.75. The molecule has 0 saturated heterocycles. The number of nitrogens with one attached hydrogen (secondary N) is 1. The Hall–Kier alpha value is -2.95. The third-order valence-electron chi connectivity index (χ3n) is 2.70. The van der Waals surface area contributed by atoms with Crippen molar-refractivity contribution in [3.63, 3.8) is 0 Å². The van der Waals surface area contributed by atoms with Gasteiger partial charge in [-0.3, -0.25) is 4.79 Å². The van der Waals surface area contributed by atoms with Crippen molar-refractivity contribution in [1.82, 2.24) is 0 Å². The maximum Gasteiger partial charge on any atom is 0.294 e. The summed E-state index contributed by atoms with van der Waals surface area (Å²) in [5.74, 6) is 0.449. The van der Waals surface area contributed by atoms with E-state index in [0.29, 0.717) is 17.2 Å². The van der Waals surface area contributed by atoms with Crippen LogP contribution >= 0.6 is 0 Å². The van der Waals surface area contributed by atoms with Gasteiger partial charge in [-0.15, -0.1) is 0 Å². The van der Waals surface area contributed by atoms with Gasteiger partial charge in [0.15, 0.2) is 11.5 Å². The Morgan fingerprint density at radius 3 is 2.65 bits per heavy atom. The van der Waals surface area contributed by atoms with Gasteiger partial charge in [0.2, 0.25) is 5.76 Å². The quantitative estimate of drug-likeness (QED) is 0.879. The summed E-state index contributed by atoms with van der Waals surface area (Å²) in [6.45, 7) is 0. The average Bonchev–Trinajstić information content (AvgIpc) is 2.47. The third kappa shape index (κ3) is 2.42. The molecule has 0 saturated carbocycles. The molecule has 0 atom stereocenters.